The molecule has 0 fully saturated rings. The topological polar surface area (TPSA) is 47.3 Å². The Balaban J connectivity index is 2.47. The molecule has 0 aromatic heterocycles. The SMILES string of the molecule is COc1ccc(NCC(CN)C(C)C)cc1. The van der Waals surface area contributed by atoms with E-state index in [0.29, 0.717) is 11.8 Å². The van der Waals surface area contributed by atoms with Gasteiger partial charge >= 0.3 is 0 Å². The van der Waals surface area contributed by atoms with Gasteiger partial charge < -0.3 is 15.8 Å². The van der Waals surface area contributed by atoms with Gasteiger partial charge in [-0.05, 0) is 42.6 Å². The van der Waals surface area contributed by atoms with Gasteiger partial charge in [0.15, 0.2) is 0 Å². The summed E-state index contributed by atoms with van der Waals surface area (Å²) < 4.78 is 5.11. The van der Waals surface area contributed by atoms with Gasteiger partial charge in [0.05, 0.1) is 7.11 Å². The van der Waals surface area contributed by atoms with Crippen LogP contribution in [0, 0.1) is 11.8 Å². The standard InChI is InChI=1S/C13H22N2O/c1-10(2)11(8-14)9-15-12-4-6-13(16-3)7-5-12/h4-7,10-11,15H,8-9,14H2,1-3H3. The maximum atomic E-state index is 5.72. The molecule has 0 saturated heterocycles. The lowest BCUT2D eigenvalue weighted by Gasteiger charge is -2.19. The first-order chi connectivity index (χ1) is 7.67. The summed E-state index contributed by atoms with van der Waals surface area (Å²) in [5, 5.41) is 3.39. The van der Waals surface area contributed by atoms with Crippen LogP contribution in [0.15, 0.2) is 24.3 Å². The van der Waals surface area contributed by atoms with Gasteiger partial charge in [0.2, 0.25) is 0 Å². The Kier molecular flexibility index (Phi) is 5.12. The fourth-order valence-corrected chi connectivity index (χ4v) is 1.55. The highest BCUT2D eigenvalue weighted by Crippen LogP contribution is 2.16. The third kappa shape index (κ3) is 3.74. The Hall–Kier alpha value is -1.22. The number of methoxy groups -OCH3 is 1. The van der Waals surface area contributed by atoms with E-state index >= 15 is 0 Å². The summed E-state index contributed by atoms with van der Waals surface area (Å²) in [6.45, 7) is 6.04. The Morgan fingerprint density at radius 3 is 2.31 bits per heavy atom. The Morgan fingerprint density at radius 2 is 1.88 bits per heavy atom. The predicted octanol–water partition coefficient (Wildman–Crippen LogP) is 2.34. The van der Waals surface area contributed by atoms with E-state index in [9.17, 15) is 0 Å². The van der Waals surface area contributed by atoms with Gasteiger partial charge in [-0.1, -0.05) is 13.8 Å². The molecule has 1 atom stereocenters. The molecule has 0 aliphatic heterocycles. The molecule has 0 spiro atoms. The number of nitrogens with two attached hydrogens (primary N) is 1. The number of anilines is 1. The van der Waals surface area contributed by atoms with Crippen LogP contribution < -0.4 is 15.8 Å². The quantitative estimate of drug-likeness (QED) is 0.776. The monoisotopic (exact) mass is 222 g/mol. The molecule has 90 valence electrons. The summed E-state index contributed by atoms with van der Waals surface area (Å²) in [6, 6.07) is 7.95. The molecule has 3 nitrogen and oxygen atoms in total. The van der Waals surface area contributed by atoms with E-state index in [0.717, 1.165) is 24.5 Å². The van der Waals surface area contributed by atoms with E-state index in [1.165, 1.54) is 0 Å². The molecule has 16 heavy (non-hydrogen) atoms. The maximum absolute atomic E-state index is 5.72. The van der Waals surface area contributed by atoms with Crippen molar-refractivity contribution in [1.29, 1.82) is 0 Å². The zero-order chi connectivity index (χ0) is 12.0. The number of hydrogen-bond donors (Lipinski definition) is 2. The number of benzene rings is 1. The van der Waals surface area contributed by atoms with Crippen molar-refractivity contribution < 1.29 is 4.74 Å². The van der Waals surface area contributed by atoms with Crippen molar-refractivity contribution in [3.8, 4) is 5.75 Å². The van der Waals surface area contributed by atoms with E-state index in [1.807, 2.05) is 24.3 Å². The van der Waals surface area contributed by atoms with E-state index in [1.54, 1.807) is 7.11 Å². The van der Waals surface area contributed by atoms with Gasteiger partial charge in [0.1, 0.15) is 5.75 Å². The fourth-order valence-electron chi connectivity index (χ4n) is 1.55. The second-order valence-corrected chi connectivity index (χ2v) is 4.35. The van der Waals surface area contributed by atoms with Crippen LogP contribution in [0.25, 0.3) is 0 Å². The Morgan fingerprint density at radius 1 is 1.25 bits per heavy atom. The van der Waals surface area contributed by atoms with E-state index in [2.05, 4.69) is 19.2 Å². The summed E-state index contributed by atoms with van der Waals surface area (Å²) >= 11 is 0. The molecule has 1 aromatic carbocycles. The van der Waals surface area contributed by atoms with Crippen LogP contribution in [0.2, 0.25) is 0 Å². The van der Waals surface area contributed by atoms with Crippen LogP contribution in [-0.4, -0.2) is 20.2 Å². The lowest BCUT2D eigenvalue weighted by atomic mass is 9.96. The lowest BCUT2D eigenvalue weighted by Crippen LogP contribution is -2.27. The molecular weight excluding hydrogens is 200 g/mol. The minimum atomic E-state index is 0.516. The molecular formula is C13H22N2O. The van der Waals surface area contributed by atoms with Crippen molar-refractivity contribution in [1.82, 2.24) is 0 Å². The highest BCUT2D eigenvalue weighted by molar-refractivity contribution is 5.46. The van der Waals surface area contributed by atoms with Crippen molar-refractivity contribution in [2.24, 2.45) is 17.6 Å². The summed E-state index contributed by atoms with van der Waals surface area (Å²) in [4.78, 5) is 0. The number of rotatable bonds is 6. The molecule has 0 radical (unpaired) electrons. The number of ether oxygens (including phenoxy) is 1. The zero-order valence-electron chi connectivity index (χ0n) is 10.4. The smallest absolute Gasteiger partial charge is 0.119 e. The molecule has 0 heterocycles. The van der Waals surface area contributed by atoms with E-state index in [4.69, 9.17) is 10.5 Å². The average molecular weight is 222 g/mol. The third-order valence-corrected chi connectivity index (χ3v) is 2.90. The molecule has 3 heteroatoms. The highest BCUT2D eigenvalue weighted by Gasteiger charge is 2.10. The molecule has 1 unspecified atom stereocenters. The van der Waals surface area contributed by atoms with Crippen LogP contribution in [-0.2, 0) is 0 Å². The van der Waals surface area contributed by atoms with Crippen molar-refractivity contribution in [3.05, 3.63) is 24.3 Å². The molecule has 0 bridgehead atoms. The Labute approximate surface area is 98.0 Å². The minimum absolute atomic E-state index is 0.516. The molecule has 0 aliphatic carbocycles. The first kappa shape index (κ1) is 12.8. The van der Waals surface area contributed by atoms with E-state index < -0.39 is 0 Å². The summed E-state index contributed by atoms with van der Waals surface area (Å²) in [5.41, 5.74) is 6.83. The normalized spacial score (nSPS) is 12.6. The van der Waals surface area contributed by atoms with Crippen molar-refractivity contribution in [2.75, 3.05) is 25.5 Å². The third-order valence-electron chi connectivity index (χ3n) is 2.90. The van der Waals surface area contributed by atoms with Gasteiger partial charge in [-0.3, -0.25) is 0 Å². The van der Waals surface area contributed by atoms with Crippen molar-refractivity contribution in [3.63, 3.8) is 0 Å². The summed E-state index contributed by atoms with van der Waals surface area (Å²) in [7, 11) is 1.67. The van der Waals surface area contributed by atoms with Crippen LogP contribution >= 0.6 is 0 Å². The molecule has 1 aromatic rings. The van der Waals surface area contributed by atoms with Gasteiger partial charge in [0.25, 0.3) is 0 Å². The van der Waals surface area contributed by atoms with Crippen molar-refractivity contribution >= 4 is 5.69 Å². The minimum Gasteiger partial charge on any atom is -0.497 e. The summed E-state index contributed by atoms with van der Waals surface area (Å²) in [5.74, 6) is 2.00. The van der Waals surface area contributed by atoms with E-state index in [-0.39, 0.29) is 0 Å². The number of nitrogens with one attached hydrogen (secondary N) is 1. The van der Waals surface area contributed by atoms with Gasteiger partial charge in [0, 0.05) is 12.2 Å². The van der Waals surface area contributed by atoms with Crippen LogP contribution in [0.4, 0.5) is 5.69 Å². The van der Waals surface area contributed by atoms with Crippen LogP contribution in [0.5, 0.6) is 5.75 Å². The maximum Gasteiger partial charge on any atom is 0.119 e. The van der Waals surface area contributed by atoms with Gasteiger partial charge in [-0.15, -0.1) is 0 Å². The largest absolute Gasteiger partial charge is 0.497 e. The van der Waals surface area contributed by atoms with Crippen LogP contribution in [0.1, 0.15) is 13.8 Å². The number of hydrogen-bond acceptors (Lipinski definition) is 3. The summed E-state index contributed by atoms with van der Waals surface area (Å²) in [6.07, 6.45) is 0. The van der Waals surface area contributed by atoms with Gasteiger partial charge in [-0.25, -0.2) is 0 Å². The van der Waals surface area contributed by atoms with Crippen molar-refractivity contribution in [2.45, 2.75) is 13.8 Å². The van der Waals surface area contributed by atoms with Crippen LogP contribution in [0.3, 0.4) is 0 Å². The lowest BCUT2D eigenvalue weighted by molar-refractivity contribution is 0.412. The first-order valence-corrected chi connectivity index (χ1v) is 5.75. The molecule has 3 N–H and O–H groups in total. The second kappa shape index (κ2) is 6.38. The highest BCUT2D eigenvalue weighted by atomic mass is 16.5. The Bertz CT molecular complexity index is 295. The average Bonchev–Trinajstić information content (AvgIpc) is 2.30. The molecule has 0 aliphatic rings. The van der Waals surface area contributed by atoms with Gasteiger partial charge in [-0.2, -0.15) is 0 Å². The molecule has 1 rings (SSSR count). The molecule has 0 amide bonds. The molecule has 0 saturated carbocycles. The fraction of sp³-hybridized carbons (Fsp3) is 0.538. The zero-order valence-corrected chi connectivity index (χ0v) is 10.4. The second-order valence-electron chi connectivity index (χ2n) is 4.35. The predicted molar refractivity (Wildman–Crippen MR) is 68.9 cm³/mol. The first-order valence-electron chi connectivity index (χ1n) is 5.75.